The average Bonchev–Trinajstić information content (AvgIpc) is 2.65. The molecule has 90 valence electrons. The third-order valence-corrected chi connectivity index (χ3v) is 3.60. The summed E-state index contributed by atoms with van der Waals surface area (Å²) in [5, 5.41) is 1.90. The number of aryl methyl sites for hydroxylation is 1. The first-order valence-corrected chi connectivity index (χ1v) is 6.02. The third-order valence-electron chi connectivity index (χ3n) is 2.53. The Hall–Kier alpha value is -1.69. The fraction of sp³-hybridized carbons (Fsp3) is 0.364. The van der Waals surface area contributed by atoms with Gasteiger partial charge in [0.1, 0.15) is 11.2 Å². The summed E-state index contributed by atoms with van der Waals surface area (Å²) in [5.41, 5.74) is 1.57. The van der Waals surface area contributed by atoms with Crippen molar-refractivity contribution in [2.75, 3.05) is 14.1 Å². The molecule has 0 aliphatic carbocycles. The summed E-state index contributed by atoms with van der Waals surface area (Å²) in [6.45, 7) is 1.95. The predicted octanol–water partition coefficient (Wildman–Crippen LogP) is 0.855. The lowest BCUT2D eigenvalue weighted by atomic mass is 10.3. The molecule has 2 aromatic heterocycles. The van der Waals surface area contributed by atoms with Crippen LogP contribution in [0.3, 0.4) is 0 Å². The Morgan fingerprint density at radius 3 is 2.88 bits per heavy atom. The highest BCUT2D eigenvalue weighted by Gasteiger charge is 2.11. The molecule has 0 saturated carbocycles. The van der Waals surface area contributed by atoms with E-state index in [2.05, 4.69) is 4.98 Å². The van der Waals surface area contributed by atoms with Gasteiger partial charge in [0.05, 0.1) is 11.8 Å². The van der Waals surface area contributed by atoms with Gasteiger partial charge in [-0.1, -0.05) is 0 Å². The van der Waals surface area contributed by atoms with Crippen LogP contribution in [0.1, 0.15) is 5.56 Å². The number of hydrogen-bond acceptors (Lipinski definition) is 4. The molecule has 0 atom stereocenters. The first-order valence-electron chi connectivity index (χ1n) is 5.14. The molecule has 2 heterocycles. The summed E-state index contributed by atoms with van der Waals surface area (Å²) < 4.78 is 1.96. The van der Waals surface area contributed by atoms with E-state index < -0.39 is 0 Å². The topological polar surface area (TPSA) is 55.2 Å². The number of rotatable bonds is 2. The zero-order chi connectivity index (χ0) is 12.6. The van der Waals surface area contributed by atoms with E-state index >= 15 is 0 Å². The lowest BCUT2D eigenvalue weighted by Gasteiger charge is -2.11. The molecule has 0 saturated heterocycles. The zero-order valence-electron chi connectivity index (χ0n) is 9.93. The molecule has 0 fully saturated rings. The van der Waals surface area contributed by atoms with Crippen LogP contribution in [-0.2, 0) is 11.3 Å². The van der Waals surface area contributed by atoms with Crippen molar-refractivity contribution >= 4 is 27.5 Å². The highest BCUT2D eigenvalue weighted by molar-refractivity contribution is 7.17. The van der Waals surface area contributed by atoms with Gasteiger partial charge in [-0.3, -0.25) is 14.2 Å². The van der Waals surface area contributed by atoms with Crippen molar-refractivity contribution in [3.8, 4) is 0 Å². The van der Waals surface area contributed by atoms with Gasteiger partial charge in [0, 0.05) is 14.1 Å². The smallest absolute Gasteiger partial charge is 0.271 e. The molecule has 0 aliphatic rings. The average molecular weight is 251 g/mol. The van der Waals surface area contributed by atoms with E-state index in [0.29, 0.717) is 4.70 Å². The summed E-state index contributed by atoms with van der Waals surface area (Å²) in [5.74, 6) is -0.124. The van der Waals surface area contributed by atoms with E-state index in [1.165, 1.54) is 27.1 Å². The number of carbonyl (C=O) groups excluding carboxylic acids is 1. The van der Waals surface area contributed by atoms with Crippen molar-refractivity contribution in [3.63, 3.8) is 0 Å². The molecular formula is C11H13N3O2S. The quantitative estimate of drug-likeness (QED) is 0.795. The van der Waals surface area contributed by atoms with Crippen LogP contribution in [0, 0.1) is 6.92 Å². The van der Waals surface area contributed by atoms with Crippen LogP contribution in [0.25, 0.3) is 10.2 Å². The zero-order valence-corrected chi connectivity index (χ0v) is 10.7. The molecular weight excluding hydrogens is 238 g/mol. The van der Waals surface area contributed by atoms with Gasteiger partial charge in [0.15, 0.2) is 0 Å². The number of carbonyl (C=O) groups is 1. The first kappa shape index (κ1) is 11.8. The molecule has 0 bridgehead atoms. The number of likely N-dealkylation sites (N-methyl/N-ethyl adjacent to an activating group) is 1. The maximum Gasteiger partial charge on any atom is 0.271 e. The maximum absolute atomic E-state index is 12.1. The maximum atomic E-state index is 12.1. The number of aromatic nitrogens is 2. The fourth-order valence-electron chi connectivity index (χ4n) is 1.46. The lowest BCUT2D eigenvalue weighted by molar-refractivity contribution is -0.129. The Morgan fingerprint density at radius 1 is 1.53 bits per heavy atom. The van der Waals surface area contributed by atoms with Crippen LogP contribution >= 0.6 is 11.3 Å². The molecule has 17 heavy (non-hydrogen) atoms. The van der Waals surface area contributed by atoms with Crippen molar-refractivity contribution in [2.24, 2.45) is 0 Å². The number of amides is 1. The Morgan fingerprint density at radius 2 is 2.24 bits per heavy atom. The van der Waals surface area contributed by atoms with E-state index in [0.717, 1.165) is 11.1 Å². The second kappa shape index (κ2) is 4.29. The Bertz CT molecular complexity index is 627. The second-order valence-electron chi connectivity index (χ2n) is 4.06. The molecule has 6 heteroatoms. The van der Waals surface area contributed by atoms with Crippen LogP contribution in [0.2, 0.25) is 0 Å². The number of thiophene rings is 1. The highest BCUT2D eigenvalue weighted by atomic mass is 32.1. The van der Waals surface area contributed by atoms with E-state index in [1.54, 1.807) is 14.1 Å². The number of fused-ring (bicyclic) bond motifs is 1. The second-order valence-corrected chi connectivity index (χ2v) is 4.94. The standard InChI is InChI=1S/C11H13N3O2S/c1-7-5-17-10-9(7)12-6-14(11(10)16)4-8(15)13(2)3/h5-6H,4H2,1-3H3. The monoisotopic (exact) mass is 251 g/mol. The van der Waals surface area contributed by atoms with E-state index in [9.17, 15) is 9.59 Å². The fourth-order valence-corrected chi connectivity index (χ4v) is 2.41. The van der Waals surface area contributed by atoms with Gasteiger partial charge in [-0.2, -0.15) is 0 Å². The molecule has 2 rings (SSSR count). The minimum absolute atomic E-state index is 0.0335. The minimum atomic E-state index is -0.150. The van der Waals surface area contributed by atoms with Crippen molar-refractivity contribution in [1.29, 1.82) is 0 Å². The van der Waals surface area contributed by atoms with Crippen LogP contribution in [0.4, 0.5) is 0 Å². The molecule has 0 radical (unpaired) electrons. The Balaban J connectivity index is 2.47. The molecule has 5 nitrogen and oxygen atoms in total. The van der Waals surface area contributed by atoms with Gasteiger partial charge in [0.2, 0.25) is 5.91 Å². The summed E-state index contributed by atoms with van der Waals surface area (Å²) in [6, 6.07) is 0. The van der Waals surface area contributed by atoms with Crippen molar-refractivity contribution in [1.82, 2.24) is 14.5 Å². The van der Waals surface area contributed by atoms with Gasteiger partial charge < -0.3 is 4.90 Å². The van der Waals surface area contributed by atoms with Crippen molar-refractivity contribution < 1.29 is 4.79 Å². The van der Waals surface area contributed by atoms with Gasteiger partial charge >= 0.3 is 0 Å². The largest absolute Gasteiger partial charge is 0.347 e. The normalized spacial score (nSPS) is 10.8. The first-order chi connectivity index (χ1) is 8.00. The summed E-state index contributed by atoms with van der Waals surface area (Å²) >= 11 is 1.37. The SMILES string of the molecule is Cc1csc2c(=O)n(CC(=O)N(C)C)cnc12. The van der Waals surface area contributed by atoms with Crippen molar-refractivity contribution in [2.45, 2.75) is 13.5 Å². The van der Waals surface area contributed by atoms with Crippen LogP contribution in [0.5, 0.6) is 0 Å². The van der Waals surface area contributed by atoms with E-state index in [4.69, 9.17) is 0 Å². The van der Waals surface area contributed by atoms with E-state index in [1.807, 2.05) is 12.3 Å². The Kier molecular flexibility index (Phi) is 2.97. The number of hydrogen-bond donors (Lipinski definition) is 0. The predicted molar refractivity (Wildman–Crippen MR) is 67.3 cm³/mol. The van der Waals surface area contributed by atoms with Gasteiger partial charge in [-0.15, -0.1) is 11.3 Å². The van der Waals surface area contributed by atoms with Crippen molar-refractivity contribution in [3.05, 3.63) is 27.6 Å². The van der Waals surface area contributed by atoms with Crippen LogP contribution in [-0.4, -0.2) is 34.5 Å². The summed E-state index contributed by atoms with van der Waals surface area (Å²) in [7, 11) is 3.32. The molecule has 0 spiro atoms. The number of nitrogens with zero attached hydrogens (tertiary/aromatic N) is 3. The minimum Gasteiger partial charge on any atom is -0.347 e. The highest BCUT2D eigenvalue weighted by Crippen LogP contribution is 2.19. The summed E-state index contributed by atoms with van der Waals surface area (Å²) in [6.07, 6.45) is 1.44. The van der Waals surface area contributed by atoms with Gasteiger partial charge in [0.25, 0.3) is 5.56 Å². The Labute approximate surface area is 102 Å². The van der Waals surface area contributed by atoms with Gasteiger partial charge in [-0.05, 0) is 17.9 Å². The van der Waals surface area contributed by atoms with Crippen LogP contribution < -0.4 is 5.56 Å². The van der Waals surface area contributed by atoms with Crippen LogP contribution in [0.15, 0.2) is 16.5 Å². The molecule has 2 aromatic rings. The third kappa shape index (κ3) is 2.08. The molecule has 1 amide bonds. The van der Waals surface area contributed by atoms with E-state index in [-0.39, 0.29) is 18.0 Å². The molecule has 0 N–H and O–H groups in total. The molecule has 0 aliphatic heterocycles. The molecule has 0 unspecified atom stereocenters. The lowest BCUT2D eigenvalue weighted by Crippen LogP contribution is -2.31. The summed E-state index contributed by atoms with van der Waals surface area (Å²) in [4.78, 5) is 29.3. The van der Waals surface area contributed by atoms with Gasteiger partial charge in [-0.25, -0.2) is 4.98 Å². The molecule has 0 aromatic carbocycles.